The smallest absolute Gasteiger partial charge is 0.00555 e. The van der Waals surface area contributed by atoms with Crippen LogP contribution in [0.15, 0.2) is 23.4 Å². The molecular weight excluding hydrogens is 278 g/mol. The summed E-state index contributed by atoms with van der Waals surface area (Å²) in [5, 5.41) is 0. The molecule has 0 spiro atoms. The molecule has 0 aromatic carbocycles. The highest BCUT2D eigenvalue weighted by Gasteiger charge is 2.43. The molecular formula is C22H41N. The Labute approximate surface area is 146 Å². The van der Waals surface area contributed by atoms with Gasteiger partial charge in [-0.2, -0.15) is 0 Å². The molecule has 0 aromatic rings. The molecule has 0 bridgehead atoms. The Balaban J connectivity index is 3.29. The molecule has 134 valence electrons. The molecule has 1 heteroatoms. The van der Waals surface area contributed by atoms with Gasteiger partial charge in [0.2, 0.25) is 0 Å². The number of rotatable bonds is 8. The summed E-state index contributed by atoms with van der Waals surface area (Å²) in [7, 11) is 4.25. The van der Waals surface area contributed by atoms with Gasteiger partial charge in [0.25, 0.3) is 0 Å². The van der Waals surface area contributed by atoms with Gasteiger partial charge in [-0.05, 0) is 62.0 Å². The minimum absolute atomic E-state index is 0.418. The molecule has 3 unspecified atom stereocenters. The fraction of sp³-hybridized carbons (Fsp3) is 0.818. The van der Waals surface area contributed by atoms with Crippen LogP contribution in [0.3, 0.4) is 0 Å². The molecule has 0 radical (unpaired) electrons. The van der Waals surface area contributed by atoms with Gasteiger partial charge in [-0.3, -0.25) is 0 Å². The van der Waals surface area contributed by atoms with E-state index in [9.17, 15) is 0 Å². The van der Waals surface area contributed by atoms with Gasteiger partial charge in [0, 0.05) is 14.1 Å². The van der Waals surface area contributed by atoms with Gasteiger partial charge in [-0.25, -0.2) is 0 Å². The first-order valence-electron chi connectivity index (χ1n) is 9.85. The minimum Gasteiger partial charge on any atom is -0.384 e. The number of nitrogens with zero attached hydrogens (tertiary/aromatic N) is 1. The largest absolute Gasteiger partial charge is 0.384 e. The predicted molar refractivity (Wildman–Crippen MR) is 105 cm³/mol. The molecule has 1 aliphatic carbocycles. The lowest BCUT2D eigenvalue weighted by atomic mass is 9.56. The topological polar surface area (TPSA) is 3.24 Å². The highest BCUT2D eigenvalue weighted by atomic mass is 15.0. The summed E-state index contributed by atoms with van der Waals surface area (Å²) in [5.74, 6) is 2.09. The molecule has 3 atom stereocenters. The van der Waals surface area contributed by atoms with E-state index >= 15 is 0 Å². The van der Waals surface area contributed by atoms with E-state index in [-0.39, 0.29) is 0 Å². The zero-order valence-corrected chi connectivity index (χ0v) is 17.1. The van der Waals surface area contributed by atoms with Crippen LogP contribution in [0.25, 0.3) is 0 Å². The highest BCUT2D eigenvalue weighted by molar-refractivity contribution is 5.29. The summed E-state index contributed by atoms with van der Waals surface area (Å²) in [4.78, 5) is 2.18. The van der Waals surface area contributed by atoms with Crippen LogP contribution in [0, 0.1) is 23.2 Å². The predicted octanol–water partition coefficient (Wildman–Crippen LogP) is 6.67. The van der Waals surface area contributed by atoms with Crippen molar-refractivity contribution in [2.75, 3.05) is 14.1 Å². The molecule has 0 aliphatic heterocycles. The van der Waals surface area contributed by atoms with Crippen molar-refractivity contribution in [2.45, 2.75) is 80.1 Å². The summed E-state index contributed by atoms with van der Waals surface area (Å²) in [6, 6.07) is 0. The van der Waals surface area contributed by atoms with E-state index in [1.807, 2.05) is 5.57 Å². The van der Waals surface area contributed by atoms with Gasteiger partial charge in [0.15, 0.2) is 0 Å². The number of allylic oxidation sites excluding steroid dienone is 3. The standard InChI is InChI=1S/C22H41N/c1-9-11-12-21-19(6)18(5)20(13-15-23(7)8)16-22(21,14-10-2)17(3)4/h13,15,17-18,20H,9-12,14,16H2,1-8H3/b15-13-. The first-order valence-corrected chi connectivity index (χ1v) is 9.85. The van der Waals surface area contributed by atoms with Gasteiger partial charge in [-0.15, -0.1) is 0 Å². The third-order valence-electron chi connectivity index (χ3n) is 6.22. The minimum atomic E-state index is 0.418. The zero-order valence-electron chi connectivity index (χ0n) is 17.1. The van der Waals surface area contributed by atoms with Crippen molar-refractivity contribution in [3.8, 4) is 0 Å². The summed E-state index contributed by atoms with van der Waals surface area (Å²) >= 11 is 0. The summed E-state index contributed by atoms with van der Waals surface area (Å²) in [6.45, 7) is 14.5. The Hall–Kier alpha value is -0.720. The van der Waals surface area contributed by atoms with Crippen molar-refractivity contribution < 1.29 is 0 Å². The van der Waals surface area contributed by atoms with Crippen LogP contribution in [0.5, 0.6) is 0 Å². The average Bonchev–Trinajstić information content (AvgIpc) is 2.49. The Kier molecular flexibility index (Phi) is 7.90. The normalized spacial score (nSPS) is 28.9. The molecule has 1 nitrogen and oxygen atoms in total. The van der Waals surface area contributed by atoms with E-state index in [1.165, 1.54) is 38.5 Å². The fourth-order valence-electron chi connectivity index (χ4n) is 4.60. The second-order valence-corrected chi connectivity index (χ2v) is 8.29. The van der Waals surface area contributed by atoms with Crippen molar-refractivity contribution in [1.29, 1.82) is 0 Å². The maximum absolute atomic E-state index is 2.47. The number of hydrogen-bond donors (Lipinski definition) is 0. The molecule has 0 amide bonds. The Bertz CT molecular complexity index is 416. The van der Waals surface area contributed by atoms with Gasteiger partial charge in [0.1, 0.15) is 0 Å². The van der Waals surface area contributed by atoms with Crippen molar-refractivity contribution >= 4 is 0 Å². The molecule has 0 heterocycles. The number of hydrogen-bond acceptors (Lipinski definition) is 1. The first kappa shape index (κ1) is 20.3. The maximum Gasteiger partial charge on any atom is 0.00555 e. The van der Waals surface area contributed by atoms with E-state index < -0.39 is 0 Å². The lowest BCUT2D eigenvalue weighted by Crippen LogP contribution is -2.39. The van der Waals surface area contributed by atoms with E-state index in [2.05, 4.69) is 72.8 Å². The molecule has 1 aliphatic rings. The third-order valence-corrected chi connectivity index (χ3v) is 6.22. The van der Waals surface area contributed by atoms with Crippen LogP contribution in [-0.2, 0) is 0 Å². The lowest BCUT2D eigenvalue weighted by Gasteiger charge is -2.49. The van der Waals surface area contributed by atoms with Crippen molar-refractivity contribution in [3.05, 3.63) is 23.4 Å². The molecule has 0 saturated carbocycles. The molecule has 1 rings (SSSR count). The van der Waals surface area contributed by atoms with Gasteiger partial charge in [-0.1, -0.05) is 64.7 Å². The summed E-state index contributed by atoms with van der Waals surface area (Å²) < 4.78 is 0. The Morgan fingerprint density at radius 3 is 2.35 bits per heavy atom. The van der Waals surface area contributed by atoms with E-state index in [0.717, 1.165) is 5.92 Å². The van der Waals surface area contributed by atoms with Crippen LogP contribution in [0.2, 0.25) is 0 Å². The second-order valence-electron chi connectivity index (χ2n) is 8.29. The average molecular weight is 320 g/mol. The second kappa shape index (κ2) is 8.94. The van der Waals surface area contributed by atoms with Crippen molar-refractivity contribution in [1.82, 2.24) is 4.90 Å². The maximum atomic E-state index is 2.47. The van der Waals surface area contributed by atoms with Crippen LogP contribution < -0.4 is 0 Å². The van der Waals surface area contributed by atoms with Crippen LogP contribution in [0.4, 0.5) is 0 Å². The first-order chi connectivity index (χ1) is 10.8. The van der Waals surface area contributed by atoms with Gasteiger partial charge >= 0.3 is 0 Å². The summed E-state index contributed by atoms with van der Waals surface area (Å²) in [6.07, 6.45) is 12.7. The van der Waals surface area contributed by atoms with Crippen molar-refractivity contribution in [2.24, 2.45) is 23.2 Å². The zero-order chi connectivity index (χ0) is 17.6. The quantitative estimate of drug-likeness (QED) is 0.452. The van der Waals surface area contributed by atoms with Crippen LogP contribution in [0.1, 0.15) is 80.1 Å². The van der Waals surface area contributed by atoms with Crippen LogP contribution in [-0.4, -0.2) is 19.0 Å². The van der Waals surface area contributed by atoms with E-state index in [0.29, 0.717) is 17.3 Å². The van der Waals surface area contributed by atoms with E-state index in [1.54, 1.807) is 5.57 Å². The third kappa shape index (κ3) is 4.64. The van der Waals surface area contributed by atoms with Gasteiger partial charge in [0.05, 0.1) is 0 Å². The van der Waals surface area contributed by atoms with Crippen LogP contribution >= 0.6 is 0 Å². The van der Waals surface area contributed by atoms with Crippen molar-refractivity contribution in [3.63, 3.8) is 0 Å². The molecule has 0 fully saturated rings. The summed E-state index contributed by atoms with van der Waals surface area (Å²) in [5.41, 5.74) is 3.93. The highest BCUT2D eigenvalue weighted by Crippen LogP contribution is 2.54. The Morgan fingerprint density at radius 1 is 1.22 bits per heavy atom. The van der Waals surface area contributed by atoms with E-state index in [4.69, 9.17) is 0 Å². The molecule has 0 N–H and O–H groups in total. The lowest BCUT2D eigenvalue weighted by molar-refractivity contribution is 0.139. The molecule has 0 aromatic heterocycles. The monoisotopic (exact) mass is 319 g/mol. The number of unbranched alkanes of at least 4 members (excludes halogenated alkanes) is 1. The molecule has 23 heavy (non-hydrogen) atoms. The SMILES string of the molecule is CCCCC1=C(C)C(C)C(/C=C\N(C)C)CC1(CCC)C(C)C. The molecule has 0 saturated heterocycles. The fourth-order valence-corrected chi connectivity index (χ4v) is 4.60. The Morgan fingerprint density at radius 2 is 1.87 bits per heavy atom. The van der Waals surface area contributed by atoms with Gasteiger partial charge < -0.3 is 4.90 Å².